The van der Waals surface area contributed by atoms with Gasteiger partial charge in [-0.2, -0.15) is 5.26 Å². The first-order valence-electron chi connectivity index (χ1n) is 10.3. The zero-order valence-electron chi connectivity index (χ0n) is 17.3. The number of hydrogen-bond acceptors (Lipinski definition) is 6. The van der Waals surface area contributed by atoms with Crippen molar-refractivity contribution in [3.8, 4) is 17.3 Å². The molecule has 158 valence electrons. The molecule has 1 fully saturated rings. The number of carbonyl (C=O) groups is 1. The van der Waals surface area contributed by atoms with E-state index in [0.717, 1.165) is 48.3 Å². The lowest BCUT2D eigenvalue weighted by Gasteiger charge is -2.26. The summed E-state index contributed by atoms with van der Waals surface area (Å²) in [4.78, 5) is 17.2. The van der Waals surface area contributed by atoms with Gasteiger partial charge in [0.15, 0.2) is 5.13 Å². The fourth-order valence-corrected chi connectivity index (χ4v) is 4.51. The number of aromatic nitrogens is 1. The largest absolute Gasteiger partial charge is 0.381 e. The van der Waals surface area contributed by atoms with Crippen LogP contribution in [0, 0.1) is 17.2 Å². The van der Waals surface area contributed by atoms with Crippen molar-refractivity contribution >= 4 is 33.8 Å². The van der Waals surface area contributed by atoms with Crippen molar-refractivity contribution in [1.82, 2.24) is 4.98 Å². The van der Waals surface area contributed by atoms with Crippen LogP contribution < -0.4 is 10.6 Å². The molecule has 0 aliphatic heterocycles. The van der Waals surface area contributed by atoms with Crippen LogP contribution in [0.2, 0.25) is 0 Å². The van der Waals surface area contributed by atoms with Crippen LogP contribution in [-0.4, -0.2) is 24.1 Å². The number of amides is 1. The third-order valence-corrected chi connectivity index (χ3v) is 6.33. The predicted molar refractivity (Wildman–Crippen MR) is 123 cm³/mol. The standard InChI is InChI=1S/C24H24N4O2S/c1-30-21-11-7-17(8-12-21)23(29)28-24-27-22(15-31-24)18-3-2-4-20(13-18)26-19-9-5-16(14-25)6-10-19/h2-6,9-10,13,15,17,21,26H,7-8,11-12H2,1H3,(H,27,28,29). The molecule has 0 radical (unpaired) electrons. The molecule has 7 heteroatoms. The molecule has 1 amide bonds. The minimum atomic E-state index is 0.0266. The SMILES string of the molecule is COC1CCC(C(=O)Nc2nc(-c3cccc(Nc4ccc(C#N)cc4)c3)cs2)CC1. The van der Waals surface area contributed by atoms with Gasteiger partial charge < -0.3 is 15.4 Å². The van der Waals surface area contributed by atoms with Gasteiger partial charge in [-0.15, -0.1) is 11.3 Å². The Morgan fingerprint density at radius 1 is 1.13 bits per heavy atom. The van der Waals surface area contributed by atoms with Crippen LogP contribution in [0.5, 0.6) is 0 Å². The van der Waals surface area contributed by atoms with Crippen molar-refractivity contribution in [2.45, 2.75) is 31.8 Å². The second-order valence-corrected chi connectivity index (χ2v) is 8.49. The summed E-state index contributed by atoms with van der Waals surface area (Å²) in [7, 11) is 1.73. The van der Waals surface area contributed by atoms with E-state index in [0.29, 0.717) is 10.7 Å². The topological polar surface area (TPSA) is 87.0 Å². The van der Waals surface area contributed by atoms with Crippen molar-refractivity contribution in [2.75, 3.05) is 17.7 Å². The van der Waals surface area contributed by atoms with Crippen molar-refractivity contribution in [3.63, 3.8) is 0 Å². The average Bonchev–Trinajstić information content (AvgIpc) is 3.28. The van der Waals surface area contributed by atoms with Gasteiger partial charge in [-0.25, -0.2) is 4.98 Å². The van der Waals surface area contributed by atoms with Gasteiger partial charge in [0.1, 0.15) is 0 Å². The van der Waals surface area contributed by atoms with E-state index in [1.54, 1.807) is 19.2 Å². The van der Waals surface area contributed by atoms with Crippen molar-refractivity contribution in [1.29, 1.82) is 5.26 Å². The van der Waals surface area contributed by atoms with E-state index in [-0.39, 0.29) is 17.9 Å². The number of nitrogens with one attached hydrogen (secondary N) is 2. The van der Waals surface area contributed by atoms with Gasteiger partial charge in [0.25, 0.3) is 0 Å². The van der Waals surface area contributed by atoms with Crippen LogP contribution in [0.1, 0.15) is 31.2 Å². The molecule has 31 heavy (non-hydrogen) atoms. The number of nitrogens with zero attached hydrogens (tertiary/aromatic N) is 2. The van der Waals surface area contributed by atoms with Crippen molar-refractivity contribution in [2.24, 2.45) is 5.92 Å². The Hall–Kier alpha value is -3.21. The third-order valence-electron chi connectivity index (χ3n) is 5.57. The zero-order valence-corrected chi connectivity index (χ0v) is 18.1. The summed E-state index contributed by atoms with van der Waals surface area (Å²) in [6.45, 7) is 0. The van der Waals surface area contributed by atoms with E-state index in [2.05, 4.69) is 21.7 Å². The molecule has 0 saturated heterocycles. The lowest BCUT2D eigenvalue weighted by Crippen LogP contribution is -2.29. The molecule has 0 spiro atoms. The highest BCUT2D eigenvalue weighted by Crippen LogP contribution is 2.30. The smallest absolute Gasteiger partial charge is 0.229 e. The monoisotopic (exact) mass is 432 g/mol. The van der Waals surface area contributed by atoms with E-state index in [4.69, 9.17) is 10.00 Å². The number of benzene rings is 2. The number of nitriles is 1. The molecule has 4 rings (SSSR count). The van der Waals surface area contributed by atoms with E-state index in [1.165, 1.54) is 11.3 Å². The van der Waals surface area contributed by atoms with Gasteiger partial charge in [-0.1, -0.05) is 12.1 Å². The Balaban J connectivity index is 1.40. The minimum absolute atomic E-state index is 0.0266. The summed E-state index contributed by atoms with van der Waals surface area (Å²) in [6, 6.07) is 17.4. The lowest BCUT2D eigenvalue weighted by atomic mass is 9.87. The Labute approximate surface area is 185 Å². The maximum absolute atomic E-state index is 12.6. The van der Waals surface area contributed by atoms with Crippen molar-refractivity contribution in [3.05, 3.63) is 59.5 Å². The molecule has 3 aromatic rings. The number of carbonyl (C=O) groups excluding carboxylic acids is 1. The summed E-state index contributed by atoms with van der Waals surface area (Å²) < 4.78 is 5.39. The van der Waals surface area contributed by atoms with Gasteiger partial charge in [-0.05, 0) is 62.1 Å². The fourth-order valence-electron chi connectivity index (χ4n) is 3.78. The first-order valence-corrected chi connectivity index (χ1v) is 11.2. The highest BCUT2D eigenvalue weighted by atomic mass is 32.1. The molecule has 1 aromatic heterocycles. The van der Waals surface area contributed by atoms with Crippen LogP contribution in [0.3, 0.4) is 0 Å². The molecule has 0 unspecified atom stereocenters. The average molecular weight is 433 g/mol. The van der Waals surface area contributed by atoms with Gasteiger partial charge in [0.05, 0.1) is 23.4 Å². The number of ether oxygens (including phenoxy) is 1. The Morgan fingerprint density at radius 2 is 1.90 bits per heavy atom. The van der Waals surface area contributed by atoms with Crippen LogP contribution >= 0.6 is 11.3 Å². The number of hydrogen-bond donors (Lipinski definition) is 2. The van der Waals surface area contributed by atoms with Crippen molar-refractivity contribution < 1.29 is 9.53 Å². The maximum Gasteiger partial charge on any atom is 0.229 e. The molecule has 0 atom stereocenters. The second kappa shape index (κ2) is 9.73. The fraction of sp³-hybridized carbons (Fsp3) is 0.292. The molecule has 2 N–H and O–H groups in total. The molecular formula is C24H24N4O2S. The minimum Gasteiger partial charge on any atom is -0.381 e. The highest BCUT2D eigenvalue weighted by Gasteiger charge is 2.26. The van der Waals surface area contributed by atoms with Crippen LogP contribution in [-0.2, 0) is 9.53 Å². The summed E-state index contributed by atoms with van der Waals surface area (Å²) in [5.41, 5.74) is 4.26. The van der Waals surface area contributed by atoms with Gasteiger partial charge >= 0.3 is 0 Å². The third kappa shape index (κ3) is 5.29. The highest BCUT2D eigenvalue weighted by molar-refractivity contribution is 7.14. The van der Waals surface area contributed by atoms with Gasteiger partial charge in [0.2, 0.25) is 5.91 Å². The number of rotatable bonds is 6. The Bertz CT molecular complexity index is 1080. The summed E-state index contributed by atoms with van der Waals surface area (Å²) in [5, 5.41) is 17.8. The zero-order chi connectivity index (χ0) is 21.6. The molecule has 1 aliphatic rings. The summed E-state index contributed by atoms with van der Waals surface area (Å²) >= 11 is 1.44. The number of methoxy groups -OCH3 is 1. The normalized spacial score (nSPS) is 18.2. The number of anilines is 3. The number of thiazole rings is 1. The molecule has 0 bridgehead atoms. The second-order valence-electron chi connectivity index (χ2n) is 7.63. The van der Waals surface area contributed by atoms with Gasteiger partial charge in [0, 0.05) is 35.3 Å². The van der Waals surface area contributed by atoms with E-state index >= 15 is 0 Å². The van der Waals surface area contributed by atoms with E-state index in [9.17, 15) is 4.79 Å². The summed E-state index contributed by atoms with van der Waals surface area (Å²) in [5.74, 6) is 0.0744. The molecule has 2 aromatic carbocycles. The first kappa shape index (κ1) is 21.0. The molecular weight excluding hydrogens is 408 g/mol. The molecule has 1 saturated carbocycles. The molecule has 6 nitrogen and oxygen atoms in total. The Morgan fingerprint density at radius 3 is 2.61 bits per heavy atom. The van der Waals surface area contributed by atoms with Crippen LogP contribution in [0.25, 0.3) is 11.3 Å². The predicted octanol–water partition coefficient (Wildman–Crippen LogP) is 5.57. The van der Waals surface area contributed by atoms with Gasteiger partial charge in [-0.3, -0.25) is 4.79 Å². The van der Waals surface area contributed by atoms with Crippen LogP contribution in [0.4, 0.5) is 16.5 Å². The maximum atomic E-state index is 12.6. The van der Waals surface area contributed by atoms with Crippen LogP contribution in [0.15, 0.2) is 53.9 Å². The lowest BCUT2D eigenvalue weighted by molar-refractivity contribution is -0.121. The molecule has 1 aliphatic carbocycles. The molecule has 1 heterocycles. The first-order chi connectivity index (χ1) is 15.1. The van der Waals surface area contributed by atoms with E-state index < -0.39 is 0 Å². The van der Waals surface area contributed by atoms with E-state index in [1.807, 2.05) is 41.8 Å². The Kier molecular flexibility index (Phi) is 6.60. The quantitative estimate of drug-likeness (QED) is 0.532. The summed E-state index contributed by atoms with van der Waals surface area (Å²) in [6.07, 6.45) is 3.84.